The van der Waals surface area contributed by atoms with Crippen LogP contribution in [-0.2, 0) is 21.3 Å². The first kappa shape index (κ1) is 41.3. The van der Waals surface area contributed by atoms with E-state index in [9.17, 15) is 0 Å². The molecule has 0 saturated carbocycles. The van der Waals surface area contributed by atoms with Crippen LogP contribution in [0.2, 0.25) is 10.0 Å². The molecular weight excluding hydrogens is 834 g/mol. The third-order valence-corrected chi connectivity index (χ3v) is 19.9. The Hall–Kier alpha value is -3.29. The van der Waals surface area contributed by atoms with Gasteiger partial charge in [0.25, 0.3) is 0 Å². The van der Waals surface area contributed by atoms with Crippen LogP contribution < -0.4 is 24.8 Å². The SMILES string of the molecule is CCCC1C=C(C(C)(C)C)C=[C]1[Zr+2](=[C](c1ccc(Cl)cc1)c1ccc(Cl)cc1)[CH]1c2cc(-c3ccccc3)ccc2-c2ccc(-c3ccccc3)cc21.[Cl-].[Cl-]. The smallest absolute Gasteiger partial charge is 1.00 e. The van der Waals surface area contributed by atoms with Crippen molar-refractivity contribution in [3.63, 3.8) is 0 Å². The number of allylic oxidation sites excluding steroid dienone is 4. The molecule has 1 unspecified atom stereocenters. The van der Waals surface area contributed by atoms with Gasteiger partial charge in [0.2, 0.25) is 0 Å². The molecule has 0 amide bonds. The predicted molar refractivity (Wildman–Crippen MR) is 225 cm³/mol. The van der Waals surface area contributed by atoms with Gasteiger partial charge < -0.3 is 24.8 Å². The molecule has 0 bridgehead atoms. The van der Waals surface area contributed by atoms with Crippen LogP contribution in [0.3, 0.4) is 0 Å². The fourth-order valence-corrected chi connectivity index (χ4v) is 18.1. The van der Waals surface area contributed by atoms with Crippen molar-refractivity contribution < 1.29 is 46.1 Å². The van der Waals surface area contributed by atoms with E-state index in [4.69, 9.17) is 23.2 Å². The second-order valence-electron chi connectivity index (χ2n) is 15.4. The summed E-state index contributed by atoms with van der Waals surface area (Å²) < 4.78 is 3.42. The van der Waals surface area contributed by atoms with Gasteiger partial charge in [-0.2, -0.15) is 0 Å². The van der Waals surface area contributed by atoms with Gasteiger partial charge in [-0.15, -0.1) is 0 Å². The van der Waals surface area contributed by atoms with E-state index in [1.165, 1.54) is 64.4 Å². The molecule has 276 valence electrons. The average molecular weight is 878 g/mol. The Morgan fingerprint density at radius 1 is 0.582 bits per heavy atom. The molecule has 0 nitrogen and oxygen atoms in total. The van der Waals surface area contributed by atoms with E-state index in [1.807, 2.05) is 0 Å². The van der Waals surface area contributed by atoms with E-state index in [2.05, 4.69) is 185 Å². The fourth-order valence-electron chi connectivity index (χ4n) is 8.28. The van der Waals surface area contributed by atoms with Crippen LogP contribution in [0, 0.1) is 11.3 Å². The zero-order valence-electron chi connectivity index (χ0n) is 31.6. The summed E-state index contributed by atoms with van der Waals surface area (Å²) in [6.07, 6.45) is 7.56. The standard InChI is InChI=1S/C25H17.C13H8Cl2.C12H19.2ClH.Zr/c1-3-7-18(8-4-1)20-11-13-24-22(15-20)17-23-16-21(12-14-25(23)24)19-9-5-2-6-10-19;14-12-5-1-10(2-6-12)9-11-3-7-13(15)8-4-11;1-5-6-10-7-8-11(9-10)12(2,3)4;;;/h1-17H;1-8H;8-10H,5-6H2,1-4H3;2*1H;/q;;;;;+2/p-2. The molecular formula is C50H44Cl4Zr. The Labute approximate surface area is 357 Å². The number of hydrogen-bond acceptors (Lipinski definition) is 0. The normalized spacial score (nSPS) is 14.4. The molecule has 0 saturated heterocycles. The number of halogens is 4. The van der Waals surface area contributed by atoms with E-state index in [1.54, 1.807) is 3.28 Å². The van der Waals surface area contributed by atoms with Crippen molar-refractivity contribution in [2.45, 2.75) is 44.2 Å². The van der Waals surface area contributed by atoms with Crippen molar-refractivity contribution in [1.29, 1.82) is 0 Å². The van der Waals surface area contributed by atoms with Crippen molar-refractivity contribution in [2.24, 2.45) is 11.3 Å². The molecule has 0 aliphatic heterocycles. The first-order chi connectivity index (χ1) is 25.7. The summed E-state index contributed by atoms with van der Waals surface area (Å²) in [6.45, 7) is 9.44. The van der Waals surface area contributed by atoms with E-state index in [0.29, 0.717) is 5.92 Å². The van der Waals surface area contributed by atoms with Crippen LogP contribution in [0.25, 0.3) is 33.4 Å². The molecule has 0 radical (unpaired) electrons. The zero-order chi connectivity index (χ0) is 36.7. The Bertz CT molecular complexity index is 2250. The Morgan fingerprint density at radius 2 is 1.04 bits per heavy atom. The van der Waals surface area contributed by atoms with Crippen LogP contribution in [0.15, 0.2) is 167 Å². The van der Waals surface area contributed by atoms with Gasteiger partial charge in [-0.3, -0.25) is 0 Å². The number of hydrogen-bond donors (Lipinski definition) is 0. The van der Waals surface area contributed by atoms with Crippen LogP contribution in [0.5, 0.6) is 0 Å². The summed E-state index contributed by atoms with van der Waals surface area (Å²) in [4.78, 5) is 0. The fraction of sp³-hybridized carbons (Fsp3) is 0.180. The first-order valence-electron chi connectivity index (χ1n) is 18.8. The average Bonchev–Trinajstić information content (AvgIpc) is 3.74. The van der Waals surface area contributed by atoms with Crippen molar-refractivity contribution in [3.05, 3.63) is 199 Å². The molecule has 0 spiro atoms. The third kappa shape index (κ3) is 8.40. The minimum atomic E-state index is -3.12. The first-order valence-corrected chi connectivity index (χ1v) is 23.4. The number of fused-ring (bicyclic) bond motifs is 3. The Kier molecular flexibility index (Phi) is 13.1. The molecule has 0 heterocycles. The molecule has 1 atom stereocenters. The minimum Gasteiger partial charge on any atom is -1.00 e. The van der Waals surface area contributed by atoms with E-state index < -0.39 is 21.3 Å². The van der Waals surface area contributed by atoms with Gasteiger partial charge in [0.1, 0.15) is 0 Å². The molecule has 55 heavy (non-hydrogen) atoms. The van der Waals surface area contributed by atoms with Crippen molar-refractivity contribution in [3.8, 4) is 33.4 Å². The molecule has 6 aromatic carbocycles. The number of benzene rings is 6. The van der Waals surface area contributed by atoms with Gasteiger partial charge in [0.05, 0.1) is 0 Å². The van der Waals surface area contributed by atoms with Gasteiger partial charge >= 0.3 is 335 Å². The van der Waals surface area contributed by atoms with Crippen LogP contribution in [0.1, 0.15) is 66.4 Å². The summed E-state index contributed by atoms with van der Waals surface area (Å²) >= 11 is 10.1. The van der Waals surface area contributed by atoms with E-state index in [0.717, 1.165) is 22.9 Å². The molecule has 0 aromatic heterocycles. The zero-order valence-corrected chi connectivity index (χ0v) is 37.1. The quantitative estimate of drug-likeness (QED) is 0.144. The van der Waals surface area contributed by atoms with Gasteiger partial charge in [-0.05, 0) is 0 Å². The van der Waals surface area contributed by atoms with Gasteiger partial charge in [0, 0.05) is 0 Å². The van der Waals surface area contributed by atoms with Gasteiger partial charge in [-0.25, -0.2) is 0 Å². The predicted octanol–water partition coefficient (Wildman–Crippen LogP) is 8.58. The Balaban J connectivity index is 0.00000257. The maximum absolute atomic E-state index is 6.61. The Morgan fingerprint density at radius 3 is 1.45 bits per heavy atom. The molecule has 6 aromatic rings. The summed E-state index contributed by atoms with van der Waals surface area (Å²) in [6, 6.07) is 53.5. The summed E-state index contributed by atoms with van der Waals surface area (Å²) in [5.74, 6) is 0.403. The molecule has 2 aliphatic carbocycles. The third-order valence-electron chi connectivity index (χ3n) is 10.9. The molecule has 5 heteroatoms. The maximum atomic E-state index is 6.61. The topological polar surface area (TPSA) is 0 Å². The number of rotatable bonds is 8. The van der Waals surface area contributed by atoms with Crippen molar-refractivity contribution in [2.75, 3.05) is 0 Å². The van der Waals surface area contributed by atoms with Crippen molar-refractivity contribution >= 4 is 26.4 Å². The molecule has 8 rings (SSSR count). The van der Waals surface area contributed by atoms with Gasteiger partial charge in [-0.1, -0.05) is 0 Å². The second-order valence-corrected chi connectivity index (χ2v) is 22.4. The minimum absolute atomic E-state index is 0. The maximum Gasteiger partial charge on any atom is -1.00 e. The largest absolute Gasteiger partial charge is 1.00 e. The monoisotopic (exact) mass is 874 g/mol. The van der Waals surface area contributed by atoms with Gasteiger partial charge in [0.15, 0.2) is 0 Å². The molecule has 0 N–H and O–H groups in total. The van der Waals surface area contributed by atoms with Crippen LogP contribution >= 0.6 is 23.2 Å². The summed E-state index contributed by atoms with van der Waals surface area (Å²) in [7, 11) is 0. The van der Waals surface area contributed by atoms with Crippen LogP contribution in [0.4, 0.5) is 0 Å². The van der Waals surface area contributed by atoms with E-state index >= 15 is 0 Å². The van der Waals surface area contributed by atoms with E-state index in [-0.39, 0.29) is 33.9 Å². The second kappa shape index (κ2) is 17.5. The molecule has 2 aliphatic rings. The van der Waals surface area contributed by atoms with Crippen molar-refractivity contribution in [1.82, 2.24) is 0 Å². The summed E-state index contributed by atoms with van der Waals surface area (Å²) in [5, 5.41) is 1.51. The van der Waals surface area contributed by atoms with Crippen LogP contribution in [-0.4, -0.2) is 3.21 Å². The molecule has 0 fully saturated rings. The summed E-state index contributed by atoms with van der Waals surface area (Å²) in [5.41, 5.74) is 14.7.